The molecule has 1 aliphatic heterocycles. The average Bonchev–Trinajstić information content (AvgIpc) is 3.00. The first-order chi connectivity index (χ1) is 10.8. The highest BCUT2D eigenvalue weighted by molar-refractivity contribution is 5.80. The third-order valence-corrected chi connectivity index (χ3v) is 3.54. The molecule has 1 N–H and O–H groups in total. The van der Waals surface area contributed by atoms with Gasteiger partial charge in [0.25, 0.3) is 0 Å². The minimum atomic E-state index is 0.563. The van der Waals surface area contributed by atoms with Crippen LogP contribution in [0.5, 0.6) is 0 Å². The molecule has 1 fully saturated rings. The zero-order valence-electron chi connectivity index (χ0n) is 14.2. The number of likely N-dealkylation sites (tertiary alicyclic amines) is 1. The van der Waals surface area contributed by atoms with Crippen molar-refractivity contribution in [1.29, 1.82) is 0 Å². The monoisotopic (exact) mass is 317 g/mol. The topological polar surface area (TPSA) is 64.6 Å². The van der Waals surface area contributed by atoms with Gasteiger partial charge in [0.05, 0.1) is 39.6 Å². The molecule has 0 amide bonds. The van der Waals surface area contributed by atoms with Crippen LogP contribution in [-0.4, -0.2) is 91.4 Å². The molecule has 1 saturated heterocycles. The van der Waals surface area contributed by atoms with Crippen molar-refractivity contribution >= 4 is 5.96 Å². The number of aliphatic imine (C=N–C) groups is 1. The van der Waals surface area contributed by atoms with Crippen molar-refractivity contribution in [2.45, 2.75) is 6.42 Å². The Morgan fingerprint density at radius 3 is 2.50 bits per heavy atom. The van der Waals surface area contributed by atoms with E-state index in [0.717, 1.165) is 38.6 Å². The highest BCUT2D eigenvalue weighted by Crippen LogP contribution is 2.16. The Bertz CT molecular complexity index is 303. The van der Waals surface area contributed by atoms with E-state index in [4.69, 9.17) is 18.9 Å². The zero-order chi connectivity index (χ0) is 16.0. The predicted octanol–water partition coefficient (Wildman–Crippen LogP) is 0.210. The zero-order valence-corrected chi connectivity index (χ0v) is 14.2. The van der Waals surface area contributed by atoms with Crippen LogP contribution in [0.2, 0.25) is 0 Å². The van der Waals surface area contributed by atoms with E-state index in [2.05, 4.69) is 15.2 Å². The fourth-order valence-corrected chi connectivity index (χ4v) is 2.36. The van der Waals surface area contributed by atoms with Gasteiger partial charge >= 0.3 is 0 Å². The Balaban J connectivity index is 2.14. The number of ether oxygens (including phenoxy) is 4. The van der Waals surface area contributed by atoms with Crippen LogP contribution in [0.4, 0.5) is 0 Å². The number of nitrogens with one attached hydrogen (secondary N) is 1. The molecule has 0 aromatic heterocycles. The standard InChI is InChI=1S/C15H31N3O4/c1-16-15(17-5-7-21-10-8-19-2)18-6-4-14(12-18)13-22-11-9-20-3/h14H,4-13H2,1-3H3,(H,16,17). The Hall–Kier alpha value is -0.890. The maximum absolute atomic E-state index is 5.61. The van der Waals surface area contributed by atoms with E-state index in [1.54, 1.807) is 14.2 Å². The molecular formula is C15H31N3O4. The lowest BCUT2D eigenvalue weighted by atomic mass is 10.1. The van der Waals surface area contributed by atoms with Crippen molar-refractivity contribution in [2.75, 3.05) is 80.5 Å². The molecule has 0 radical (unpaired) electrons. The van der Waals surface area contributed by atoms with Gasteiger partial charge in [-0.15, -0.1) is 0 Å². The minimum Gasteiger partial charge on any atom is -0.382 e. The first kappa shape index (κ1) is 19.2. The first-order valence-electron chi connectivity index (χ1n) is 7.90. The van der Waals surface area contributed by atoms with Gasteiger partial charge in [-0.2, -0.15) is 0 Å². The molecule has 0 aliphatic carbocycles. The van der Waals surface area contributed by atoms with E-state index in [1.807, 2.05) is 7.05 Å². The van der Waals surface area contributed by atoms with Crippen LogP contribution in [0.25, 0.3) is 0 Å². The fourth-order valence-electron chi connectivity index (χ4n) is 2.36. The molecule has 22 heavy (non-hydrogen) atoms. The maximum atomic E-state index is 5.61. The van der Waals surface area contributed by atoms with E-state index in [1.165, 1.54) is 0 Å². The molecule has 0 aromatic rings. The van der Waals surface area contributed by atoms with Gasteiger partial charge in [0.15, 0.2) is 5.96 Å². The van der Waals surface area contributed by atoms with Crippen LogP contribution in [0.3, 0.4) is 0 Å². The predicted molar refractivity (Wildman–Crippen MR) is 86.4 cm³/mol. The minimum absolute atomic E-state index is 0.563. The second-order valence-electron chi connectivity index (χ2n) is 5.25. The third-order valence-electron chi connectivity index (χ3n) is 3.54. The van der Waals surface area contributed by atoms with Crippen LogP contribution in [0, 0.1) is 5.92 Å². The van der Waals surface area contributed by atoms with Crippen molar-refractivity contribution < 1.29 is 18.9 Å². The number of nitrogens with zero attached hydrogens (tertiary/aromatic N) is 2. The van der Waals surface area contributed by atoms with E-state index in [0.29, 0.717) is 39.0 Å². The first-order valence-corrected chi connectivity index (χ1v) is 7.90. The molecule has 7 nitrogen and oxygen atoms in total. The second kappa shape index (κ2) is 12.6. The Kier molecular flexibility index (Phi) is 11.0. The van der Waals surface area contributed by atoms with Gasteiger partial charge < -0.3 is 29.2 Å². The van der Waals surface area contributed by atoms with Crippen LogP contribution in [-0.2, 0) is 18.9 Å². The van der Waals surface area contributed by atoms with Gasteiger partial charge in [-0.3, -0.25) is 4.99 Å². The molecule has 1 rings (SSSR count). The van der Waals surface area contributed by atoms with Crippen molar-refractivity contribution in [2.24, 2.45) is 10.9 Å². The van der Waals surface area contributed by atoms with Crippen LogP contribution < -0.4 is 5.32 Å². The fraction of sp³-hybridized carbons (Fsp3) is 0.933. The SMILES string of the molecule is CN=C(NCCOCCOC)N1CCC(COCCOC)C1. The van der Waals surface area contributed by atoms with E-state index >= 15 is 0 Å². The van der Waals surface area contributed by atoms with E-state index in [-0.39, 0.29) is 0 Å². The smallest absolute Gasteiger partial charge is 0.193 e. The van der Waals surface area contributed by atoms with E-state index in [9.17, 15) is 0 Å². The lowest BCUT2D eigenvalue weighted by Crippen LogP contribution is -2.41. The molecule has 7 heteroatoms. The summed E-state index contributed by atoms with van der Waals surface area (Å²) >= 11 is 0. The Labute approximate surface area is 134 Å². The summed E-state index contributed by atoms with van der Waals surface area (Å²) in [5.41, 5.74) is 0. The molecule has 0 bridgehead atoms. The summed E-state index contributed by atoms with van der Waals surface area (Å²) in [6.45, 7) is 6.77. The van der Waals surface area contributed by atoms with Crippen molar-refractivity contribution in [3.8, 4) is 0 Å². The highest BCUT2D eigenvalue weighted by Gasteiger charge is 2.24. The quantitative estimate of drug-likeness (QED) is 0.334. The summed E-state index contributed by atoms with van der Waals surface area (Å²) in [5.74, 6) is 1.50. The van der Waals surface area contributed by atoms with Gasteiger partial charge in [-0.05, 0) is 6.42 Å². The largest absolute Gasteiger partial charge is 0.382 e. The third kappa shape index (κ3) is 7.93. The highest BCUT2D eigenvalue weighted by atomic mass is 16.5. The number of guanidine groups is 1. The molecule has 1 aliphatic rings. The molecule has 1 atom stereocenters. The van der Waals surface area contributed by atoms with Crippen LogP contribution >= 0.6 is 0 Å². The molecular weight excluding hydrogens is 286 g/mol. The molecule has 1 unspecified atom stereocenters. The second-order valence-corrected chi connectivity index (χ2v) is 5.25. The average molecular weight is 317 g/mol. The summed E-state index contributed by atoms with van der Waals surface area (Å²) in [5, 5.41) is 3.33. The lowest BCUT2D eigenvalue weighted by molar-refractivity contribution is 0.0536. The normalized spacial score (nSPS) is 19.0. The molecule has 0 aromatic carbocycles. The van der Waals surface area contributed by atoms with Gasteiger partial charge in [0, 0.05) is 46.8 Å². The van der Waals surface area contributed by atoms with Gasteiger partial charge in [0.1, 0.15) is 0 Å². The number of hydrogen-bond acceptors (Lipinski definition) is 5. The van der Waals surface area contributed by atoms with Crippen molar-refractivity contribution in [1.82, 2.24) is 10.2 Å². The van der Waals surface area contributed by atoms with Crippen molar-refractivity contribution in [3.05, 3.63) is 0 Å². The molecule has 1 heterocycles. The van der Waals surface area contributed by atoms with Gasteiger partial charge in [-0.1, -0.05) is 0 Å². The number of rotatable bonds is 11. The Morgan fingerprint density at radius 1 is 1.09 bits per heavy atom. The summed E-state index contributed by atoms with van der Waals surface area (Å²) in [4.78, 5) is 6.62. The summed E-state index contributed by atoms with van der Waals surface area (Å²) in [6, 6.07) is 0. The maximum Gasteiger partial charge on any atom is 0.193 e. The summed E-state index contributed by atoms with van der Waals surface area (Å²) in [7, 11) is 5.18. The molecule has 0 saturated carbocycles. The summed E-state index contributed by atoms with van der Waals surface area (Å²) in [6.07, 6.45) is 1.14. The van der Waals surface area contributed by atoms with Crippen molar-refractivity contribution in [3.63, 3.8) is 0 Å². The van der Waals surface area contributed by atoms with Crippen LogP contribution in [0.15, 0.2) is 4.99 Å². The van der Waals surface area contributed by atoms with Crippen LogP contribution in [0.1, 0.15) is 6.42 Å². The van der Waals surface area contributed by atoms with Gasteiger partial charge in [-0.25, -0.2) is 0 Å². The van der Waals surface area contributed by atoms with Gasteiger partial charge in [0.2, 0.25) is 0 Å². The molecule has 0 spiro atoms. The summed E-state index contributed by atoms with van der Waals surface area (Å²) < 4.78 is 21.0. The molecule has 130 valence electrons. The lowest BCUT2D eigenvalue weighted by Gasteiger charge is -2.21. The number of hydrogen-bond donors (Lipinski definition) is 1. The Morgan fingerprint density at radius 2 is 1.82 bits per heavy atom. The number of methoxy groups -OCH3 is 2. The van der Waals surface area contributed by atoms with E-state index < -0.39 is 0 Å².